The molecule has 0 atom stereocenters. The van der Waals surface area contributed by atoms with Crippen molar-refractivity contribution in [2.45, 2.75) is 25.6 Å². The monoisotopic (exact) mass is 245 g/mol. The SMILES string of the molecule is C=CC.COC1(OC)CCN(CCC(=O)O)C1. The second kappa shape index (κ2) is 8.22. The van der Waals surface area contributed by atoms with Crippen LogP contribution in [0.5, 0.6) is 0 Å². The van der Waals surface area contributed by atoms with Gasteiger partial charge in [0.25, 0.3) is 0 Å². The molecule has 1 rings (SSSR count). The van der Waals surface area contributed by atoms with E-state index in [1.807, 2.05) is 11.8 Å². The molecule has 0 amide bonds. The lowest BCUT2D eigenvalue weighted by atomic mass is 10.2. The summed E-state index contributed by atoms with van der Waals surface area (Å²) in [5, 5.41) is 8.53. The third-order valence-electron chi connectivity index (χ3n) is 2.66. The highest BCUT2D eigenvalue weighted by Crippen LogP contribution is 2.25. The number of methoxy groups -OCH3 is 2. The van der Waals surface area contributed by atoms with Crippen LogP contribution in [0.3, 0.4) is 0 Å². The van der Waals surface area contributed by atoms with Crippen LogP contribution in [-0.4, -0.2) is 55.6 Å². The minimum Gasteiger partial charge on any atom is -0.481 e. The van der Waals surface area contributed by atoms with E-state index in [1.54, 1.807) is 20.3 Å². The second-order valence-corrected chi connectivity index (χ2v) is 3.90. The Hall–Kier alpha value is -0.910. The maximum absolute atomic E-state index is 10.4. The van der Waals surface area contributed by atoms with E-state index in [0.717, 1.165) is 13.0 Å². The largest absolute Gasteiger partial charge is 0.481 e. The van der Waals surface area contributed by atoms with Crippen LogP contribution >= 0.6 is 0 Å². The van der Waals surface area contributed by atoms with Gasteiger partial charge in [-0.15, -0.1) is 6.58 Å². The van der Waals surface area contributed by atoms with Crippen molar-refractivity contribution in [1.82, 2.24) is 4.90 Å². The lowest BCUT2D eigenvalue weighted by Crippen LogP contribution is -2.37. The summed E-state index contributed by atoms with van der Waals surface area (Å²) < 4.78 is 10.5. The zero-order chi connectivity index (χ0) is 13.3. The summed E-state index contributed by atoms with van der Waals surface area (Å²) in [6.07, 6.45) is 2.71. The number of rotatable bonds is 5. The smallest absolute Gasteiger partial charge is 0.304 e. The Morgan fingerprint density at radius 3 is 2.41 bits per heavy atom. The van der Waals surface area contributed by atoms with Crippen LogP contribution in [0.25, 0.3) is 0 Å². The van der Waals surface area contributed by atoms with E-state index in [1.165, 1.54) is 0 Å². The molecule has 1 saturated heterocycles. The molecule has 0 unspecified atom stereocenters. The van der Waals surface area contributed by atoms with Crippen LogP contribution < -0.4 is 0 Å². The number of carboxylic acids is 1. The molecule has 0 aromatic rings. The molecule has 100 valence electrons. The van der Waals surface area contributed by atoms with E-state index in [4.69, 9.17) is 14.6 Å². The van der Waals surface area contributed by atoms with E-state index in [2.05, 4.69) is 6.58 Å². The van der Waals surface area contributed by atoms with Crippen molar-refractivity contribution in [3.8, 4) is 0 Å². The van der Waals surface area contributed by atoms with Crippen LogP contribution in [-0.2, 0) is 14.3 Å². The summed E-state index contributed by atoms with van der Waals surface area (Å²) in [6, 6.07) is 0. The normalized spacial score (nSPS) is 18.3. The predicted octanol–water partition coefficient (Wildman–Crippen LogP) is 1.35. The van der Waals surface area contributed by atoms with Gasteiger partial charge in [-0.2, -0.15) is 0 Å². The van der Waals surface area contributed by atoms with E-state index >= 15 is 0 Å². The van der Waals surface area contributed by atoms with E-state index in [0.29, 0.717) is 13.1 Å². The van der Waals surface area contributed by atoms with Gasteiger partial charge in [0, 0.05) is 33.7 Å². The quantitative estimate of drug-likeness (QED) is 0.585. The van der Waals surface area contributed by atoms with Crippen molar-refractivity contribution in [2.24, 2.45) is 0 Å². The fourth-order valence-electron chi connectivity index (χ4n) is 1.69. The van der Waals surface area contributed by atoms with Gasteiger partial charge >= 0.3 is 5.97 Å². The summed E-state index contributed by atoms with van der Waals surface area (Å²) in [7, 11) is 3.23. The first-order valence-corrected chi connectivity index (χ1v) is 5.65. The van der Waals surface area contributed by atoms with Gasteiger partial charge in [-0.05, 0) is 6.92 Å². The average molecular weight is 245 g/mol. The number of allylic oxidation sites excluding steroid dienone is 1. The molecule has 1 aliphatic heterocycles. The maximum Gasteiger partial charge on any atom is 0.304 e. The van der Waals surface area contributed by atoms with Gasteiger partial charge in [-0.1, -0.05) is 6.08 Å². The molecular formula is C12H23NO4. The molecule has 0 spiro atoms. The molecule has 1 aliphatic rings. The minimum atomic E-state index is -0.766. The molecule has 17 heavy (non-hydrogen) atoms. The Kier molecular flexibility index (Phi) is 7.78. The van der Waals surface area contributed by atoms with E-state index < -0.39 is 11.8 Å². The zero-order valence-electron chi connectivity index (χ0n) is 10.9. The van der Waals surface area contributed by atoms with Crippen molar-refractivity contribution < 1.29 is 19.4 Å². The van der Waals surface area contributed by atoms with Crippen LogP contribution in [0, 0.1) is 0 Å². The highest BCUT2D eigenvalue weighted by molar-refractivity contribution is 5.66. The fourth-order valence-corrected chi connectivity index (χ4v) is 1.69. The summed E-state index contributed by atoms with van der Waals surface area (Å²) in [5.74, 6) is -1.30. The lowest BCUT2D eigenvalue weighted by molar-refractivity contribution is -0.195. The number of hydrogen-bond acceptors (Lipinski definition) is 4. The number of carboxylic acid groups (broad SMARTS) is 1. The molecule has 1 fully saturated rings. The van der Waals surface area contributed by atoms with Crippen LogP contribution in [0.1, 0.15) is 19.8 Å². The zero-order valence-corrected chi connectivity index (χ0v) is 10.9. The van der Waals surface area contributed by atoms with Crippen molar-refractivity contribution >= 4 is 5.97 Å². The first-order chi connectivity index (χ1) is 8.03. The Morgan fingerprint density at radius 1 is 1.53 bits per heavy atom. The number of aliphatic carboxylic acids is 1. The Morgan fingerprint density at radius 2 is 2.06 bits per heavy atom. The average Bonchev–Trinajstić information content (AvgIpc) is 2.72. The Balaban J connectivity index is 0.000000770. The fraction of sp³-hybridized carbons (Fsp3) is 0.750. The molecule has 5 heteroatoms. The summed E-state index contributed by atoms with van der Waals surface area (Å²) >= 11 is 0. The molecule has 0 saturated carbocycles. The third kappa shape index (κ3) is 5.81. The summed E-state index contributed by atoms with van der Waals surface area (Å²) in [4.78, 5) is 12.4. The minimum absolute atomic E-state index is 0.170. The van der Waals surface area contributed by atoms with Crippen molar-refractivity contribution in [3.05, 3.63) is 12.7 Å². The van der Waals surface area contributed by atoms with Crippen LogP contribution in [0.15, 0.2) is 12.7 Å². The van der Waals surface area contributed by atoms with E-state index in [9.17, 15) is 4.79 Å². The molecule has 1 N–H and O–H groups in total. The molecule has 1 heterocycles. The highest BCUT2D eigenvalue weighted by Gasteiger charge is 2.38. The number of nitrogens with zero attached hydrogens (tertiary/aromatic N) is 1. The number of ether oxygens (including phenoxy) is 2. The van der Waals surface area contributed by atoms with Gasteiger partial charge in [-0.25, -0.2) is 0 Å². The van der Waals surface area contributed by atoms with Crippen molar-refractivity contribution in [1.29, 1.82) is 0 Å². The summed E-state index contributed by atoms with van der Waals surface area (Å²) in [5.41, 5.74) is 0. The number of hydrogen-bond donors (Lipinski definition) is 1. The number of likely N-dealkylation sites (tertiary alicyclic amines) is 1. The Labute approximate surface area is 103 Å². The maximum atomic E-state index is 10.4. The molecule has 0 aromatic heterocycles. The first-order valence-electron chi connectivity index (χ1n) is 5.65. The topological polar surface area (TPSA) is 59.0 Å². The van der Waals surface area contributed by atoms with Gasteiger partial charge in [-0.3, -0.25) is 9.69 Å². The van der Waals surface area contributed by atoms with E-state index in [-0.39, 0.29) is 6.42 Å². The molecule has 0 aromatic carbocycles. The Bertz CT molecular complexity index is 239. The van der Waals surface area contributed by atoms with Gasteiger partial charge in [0.2, 0.25) is 0 Å². The van der Waals surface area contributed by atoms with Gasteiger partial charge in [0.05, 0.1) is 13.0 Å². The highest BCUT2D eigenvalue weighted by atomic mass is 16.7. The van der Waals surface area contributed by atoms with Crippen LogP contribution in [0.4, 0.5) is 0 Å². The molecule has 5 nitrogen and oxygen atoms in total. The standard InChI is InChI=1S/C9H17NO4.C3H6/c1-13-9(14-2)4-6-10(7-9)5-3-8(11)12;1-3-2/h3-7H2,1-2H3,(H,11,12);3H,1H2,2H3. The lowest BCUT2D eigenvalue weighted by Gasteiger charge is -2.25. The third-order valence-corrected chi connectivity index (χ3v) is 2.66. The van der Waals surface area contributed by atoms with Gasteiger partial charge < -0.3 is 14.6 Å². The number of carbonyl (C=O) groups is 1. The second-order valence-electron chi connectivity index (χ2n) is 3.90. The molecule has 0 aliphatic carbocycles. The molecule has 0 bridgehead atoms. The van der Waals surface area contributed by atoms with Crippen LogP contribution in [0.2, 0.25) is 0 Å². The first kappa shape index (κ1) is 16.1. The van der Waals surface area contributed by atoms with Gasteiger partial charge in [0.1, 0.15) is 0 Å². The summed E-state index contributed by atoms with van der Waals surface area (Å²) in [6.45, 7) is 7.28. The van der Waals surface area contributed by atoms with Crippen molar-refractivity contribution in [2.75, 3.05) is 33.9 Å². The van der Waals surface area contributed by atoms with Crippen molar-refractivity contribution in [3.63, 3.8) is 0 Å². The predicted molar refractivity (Wildman–Crippen MR) is 65.9 cm³/mol. The molecule has 0 radical (unpaired) electrons. The van der Waals surface area contributed by atoms with Gasteiger partial charge in [0.15, 0.2) is 5.79 Å². The molecular weight excluding hydrogens is 222 g/mol.